The highest BCUT2D eigenvalue weighted by atomic mass is 16.4. The number of fused-ring (bicyclic) bond motifs is 1. The summed E-state index contributed by atoms with van der Waals surface area (Å²) in [6.07, 6.45) is 2.94. The quantitative estimate of drug-likeness (QED) is 0.376. The molecule has 164 valence electrons. The molecule has 5 aromatic rings. The lowest BCUT2D eigenvalue weighted by Gasteiger charge is -2.19. The average molecular weight is 438 g/mol. The molecular weight excluding hydrogens is 416 g/mol. The standard InChI is InChI=1S/C26H22N4O3/c1-15-12-19(17(3)29-21-10-7-11-27-22(21)26-30-28-14-32-26)25-20(13-15)23(31)16(2)24(33-25)18-8-5-4-6-9-18/h4-14,17,29H,1-3H3. The van der Waals surface area contributed by atoms with Crippen LogP contribution < -0.4 is 10.7 Å². The monoisotopic (exact) mass is 438 g/mol. The topological polar surface area (TPSA) is 94.1 Å². The van der Waals surface area contributed by atoms with Gasteiger partial charge in [0.15, 0.2) is 11.1 Å². The number of aromatic nitrogens is 3. The molecule has 5 rings (SSSR count). The van der Waals surface area contributed by atoms with Crippen molar-refractivity contribution in [1.29, 1.82) is 0 Å². The zero-order chi connectivity index (χ0) is 22.9. The van der Waals surface area contributed by atoms with Crippen LogP contribution in [0.3, 0.4) is 0 Å². The molecule has 0 aliphatic rings. The number of pyridine rings is 1. The Morgan fingerprint density at radius 1 is 1.03 bits per heavy atom. The minimum Gasteiger partial charge on any atom is -0.455 e. The van der Waals surface area contributed by atoms with Crippen molar-refractivity contribution in [3.8, 4) is 22.9 Å². The second kappa shape index (κ2) is 8.35. The summed E-state index contributed by atoms with van der Waals surface area (Å²) in [5, 5.41) is 11.8. The average Bonchev–Trinajstić information content (AvgIpc) is 3.37. The van der Waals surface area contributed by atoms with Gasteiger partial charge in [-0.1, -0.05) is 36.4 Å². The van der Waals surface area contributed by atoms with Crippen LogP contribution in [-0.4, -0.2) is 15.2 Å². The first-order valence-corrected chi connectivity index (χ1v) is 10.6. The Kier molecular flexibility index (Phi) is 5.22. The molecule has 0 fully saturated rings. The Balaban J connectivity index is 1.64. The maximum atomic E-state index is 13.3. The predicted octanol–water partition coefficient (Wildman–Crippen LogP) is 5.69. The van der Waals surface area contributed by atoms with Crippen LogP contribution in [0.15, 0.2) is 80.8 Å². The summed E-state index contributed by atoms with van der Waals surface area (Å²) < 4.78 is 11.8. The molecule has 3 aromatic heterocycles. The SMILES string of the molecule is Cc1cc(C(C)Nc2cccnc2-c2nnco2)c2oc(-c3ccccc3)c(C)c(=O)c2c1. The molecule has 7 nitrogen and oxygen atoms in total. The molecule has 1 unspecified atom stereocenters. The molecule has 3 heterocycles. The van der Waals surface area contributed by atoms with Gasteiger partial charge in [-0.3, -0.25) is 4.79 Å². The van der Waals surface area contributed by atoms with E-state index in [2.05, 4.69) is 20.5 Å². The Morgan fingerprint density at radius 3 is 2.61 bits per heavy atom. The van der Waals surface area contributed by atoms with E-state index >= 15 is 0 Å². The van der Waals surface area contributed by atoms with Crippen LogP contribution in [0.5, 0.6) is 0 Å². The minimum atomic E-state index is -0.201. The van der Waals surface area contributed by atoms with E-state index in [-0.39, 0.29) is 11.5 Å². The van der Waals surface area contributed by atoms with Crippen LogP contribution in [0.1, 0.15) is 29.7 Å². The van der Waals surface area contributed by atoms with Gasteiger partial charge in [-0.25, -0.2) is 4.98 Å². The van der Waals surface area contributed by atoms with Crippen molar-refractivity contribution in [1.82, 2.24) is 15.2 Å². The van der Waals surface area contributed by atoms with E-state index in [0.717, 1.165) is 22.4 Å². The van der Waals surface area contributed by atoms with E-state index in [9.17, 15) is 4.79 Å². The highest BCUT2D eigenvalue weighted by Crippen LogP contribution is 2.33. The third kappa shape index (κ3) is 3.78. The fourth-order valence-electron chi connectivity index (χ4n) is 4.03. The van der Waals surface area contributed by atoms with Crippen LogP contribution >= 0.6 is 0 Å². The number of rotatable bonds is 5. The van der Waals surface area contributed by atoms with E-state index in [0.29, 0.717) is 33.9 Å². The van der Waals surface area contributed by atoms with Gasteiger partial charge in [0.1, 0.15) is 11.3 Å². The van der Waals surface area contributed by atoms with E-state index in [1.807, 2.05) is 75.4 Å². The first-order valence-electron chi connectivity index (χ1n) is 10.6. The van der Waals surface area contributed by atoms with Gasteiger partial charge in [-0.15, -0.1) is 10.2 Å². The summed E-state index contributed by atoms with van der Waals surface area (Å²) in [7, 11) is 0. The number of hydrogen-bond acceptors (Lipinski definition) is 7. The van der Waals surface area contributed by atoms with Crippen molar-refractivity contribution < 1.29 is 8.83 Å². The third-order valence-electron chi connectivity index (χ3n) is 5.64. The molecule has 2 aromatic carbocycles. The van der Waals surface area contributed by atoms with Gasteiger partial charge in [0.05, 0.1) is 17.1 Å². The lowest BCUT2D eigenvalue weighted by molar-refractivity contribution is 0.566. The molecule has 0 bridgehead atoms. The second-order valence-corrected chi connectivity index (χ2v) is 7.99. The lowest BCUT2D eigenvalue weighted by atomic mass is 9.98. The Bertz CT molecular complexity index is 1490. The van der Waals surface area contributed by atoms with Crippen molar-refractivity contribution in [3.05, 3.63) is 94.1 Å². The Hall–Kier alpha value is -4.26. The van der Waals surface area contributed by atoms with Crippen LogP contribution in [0.4, 0.5) is 5.69 Å². The summed E-state index contributed by atoms with van der Waals surface area (Å²) >= 11 is 0. The normalized spacial score (nSPS) is 12.1. The van der Waals surface area contributed by atoms with Crippen LogP contribution in [-0.2, 0) is 0 Å². The molecule has 0 saturated heterocycles. The summed E-state index contributed by atoms with van der Waals surface area (Å²) in [6.45, 7) is 5.80. The summed E-state index contributed by atoms with van der Waals surface area (Å²) in [6, 6.07) is 17.1. The van der Waals surface area contributed by atoms with Crippen molar-refractivity contribution in [2.45, 2.75) is 26.8 Å². The van der Waals surface area contributed by atoms with Crippen LogP contribution in [0.25, 0.3) is 33.9 Å². The van der Waals surface area contributed by atoms with Crippen molar-refractivity contribution >= 4 is 16.7 Å². The molecule has 0 aliphatic carbocycles. The molecule has 1 N–H and O–H groups in total. The van der Waals surface area contributed by atoms with Crippen molar-refractivity contribution in [2.24, 2.45) is 0 Å². The summed E-state index contributed by atoms with van der Waals surface area (Å²) in [4.78, 5) is 17.7. The number of hydrogen-bond donors (Lipinski definition) is 1. The molecule has 0 aliphatic heterocycles. The molecule has 1 atom stereocenters. The highest BCUT2D eigenvalue weighted by molar-refractivity contribution is 5.85. The first kappa shape index (κ1) is 20.6. The molecule has 0 saturated carbocycles. The van der Waals surface area contributed by atoms with Gasteiger partial charge in [0, 0.05) is 22.9 Å². The largest absolute Gasteiger partial charge is 0.455 e. The van der Waals surface area contributed by atoms with Gasteiger partial charge in [0.25, 0.3) is 5.89 Å². The molecule has 0 spiro atoms. The number of nitrogens with zero attached hydrogens (tertiary/aromatic N) is 3. The minimum absolute atomic E-state index is 0.0276. The zero-order valence-corrected chi connectivity index (χ0v) is 18.5. The number of anilines is 1. The van der Waals surface area contributed by atoms with E-state index < -0.39 is 0 Å². The molecule has 33 heavy (non-hydrogen) atoms. The fraction of sp³-hybridized carbons (Fsp3) is 0.154. The highest BCUT2D eigenvalue weighted by Gasteiger charge is 2.20. The van der Waals surface area contributed by atoms with E-state index in [4.69, 9.17) is 8.83 Å². The molecule has 0 radical (unpaired) electrons. The van der Waals surface area contributed by atoms with Crippen molar-refractivity contribution in [3.63, 3.8) is 0 Å². The van der Waals surface area contributed by atoms with E-state index in [1.165, 1.54) is 6.39 Å². The summed E-state index contributed by atoms with van der Waals surface area (Å²) in [5.74, 6) is 0.909. The third-order valence-corrected chi connectivity index (χ3v) is 5.64. The maximum Gasteiger partial charge on any atom is 0.268 e. The lowest BCUT2D eigenvalue weighted by Crippen LogP contribution is -2.13. The molecular formula is C26H22N4O3. The van der Waals surface area contributed by atoms with Crippen LogP contribution in [0, 0.1) is 13.8 Å². The molecule has 7 heteroatoms. The maximum absolute atomic E-state index is 13.3. The fourth-order valence-corrected chi connectivity index (χ4v) is 4.03. The Morgan fingerprint density at radius 2 is 1.85 bits per heavy atom. The predicted molar refractivity (Wildman–Crippen MR) is 127 cm³/mol. The second-order valence-electron chi connectivity index (χ2n) is 7.99. The number of aryl methyl sites for hydroxylation is 1. The van der Waals surface area contributed by atoms with Gasteiger partial charge >= 0.3 is 0 Å². The van der Waals surface area contributed by atoms with Crippen LogP contribution in [0.2, 0.25) is 0 Å². The first-order chi connectivity index (χ1) is 16.0. The van der Waals surface area contributed by atoms with Gasteiger partial charge < -0.3 is 14.2 Å². The number of benzene rings is 2. The summed E-state index contributed by atoms with van der Waals surface area (Å²) in [5.41, 5.74) is 5.15. The molecule has 0 amide bonds. The van der Waals surface area contributed by atoms with Crippen molar-refractivity contribution in [2.75, 3.05) is 5.32 Å². The van der Waals surface area contributed by atoms with Gasteiger partial charge in [-0.2, -0.15) is 0 Å². The zero-order valence-electron chi connectivity index (χ0n) is 18.5. The van der Waals surface area contributed by atoms with Gasteiger partial charge in [0.2, 0.25) is 6.39 Å². The number of nitrogens with one attached hydrogen (secondary N) is 1. The van der Waals surface area contributed by atoms with Gasteiger partial charge in [-0.05, 0) is 44.5 Å². The smallest absolute Gasteiger partial charge is 0.268 e. The van der Waals surface area contributed by atoms with E-state index in [1.54, 1.807) is 6.20 Å². The Labute approximate surface area is 190 Å².